The zero-order valence-electron chi connectivity index (χ0n) is 19.2. The van der Waals surface area contributed by atoms with E-state index in [1.807, 2.05) is 30.5 Å². The van der Waals surface area contributed by atoms with E-state index >= 15 is 0 Å². The van der Waals surface area contributed by atoms with Crippen molar-refractivity contribution in [2.75, 3.05) is 32.1 Å². The van der Waals surface area contributed by atoms with Crippen LogP contribution in [0.25, 0.3) is 0 Å². The first-order valence-electron chi connectivity index (χ1n) is 10.9. The highest BCUT2D eigenvalue weighted by Crippen LogP contribution is 2.35. The smallest absolute Gasteiger partial charge is 0.248 e. The SMILES string of the molecule is Cc1cccc(COc2nc(N3CCC(N(C)C)C3)ncc2Sc2ccc(C(N)=O)cc2)c1. The van der Waals surface area contributed by atoms with Crippen molar-refractivity contribution in [2.45, 2.75) is 35.8 Å². The fraction of sp³-hybridized carbons (Fsp3) is 0.320. The molecule has 8 heteroatoms. The minimum absolute atomic E-state index is 0.423. The lowest BCUT2D eigenvalue weighted by Crippen LogP contribution is -2.32. The highest BCUT2D eigenvalue weighted by Gasteiger charge is 2.26. The summed E-state index contributed by atoms with van der Waals surface area (Å²) in [7, 11) is 4.21. The zero-order valence-corrected chi connectivity index (χ0v) is 20.0. The van der Waals surface area contributed by atoms with Crippen molar-refractivity contribution in [2.24, 2.45) is 5.73 Å². The maximum absolute atomic E-state index is 11.4. The Bertz CT molecular complexity index is 1120. The number of carbonyl (C=O) groups is 1. The molecule has 0 aliphatic carbocycles. The van der Waals surface area contributed by atoms with Gasteiger partial charge < -0.3 is 20.3 Å². The summed E-state index contributed by atoms with van der Waals surface area (Å²) in [6.07, 6.45) is 2.90. The van der Waals surface area contributed by atoms with Crippen molar-refractivity contribution in [1.29, 1.82) is 0 Å². The molecule has 33 heavy (non-hydrogen) atoms. The van der Waals surface area contributed by atoms with Crippen LogP contribution >= 0.6 is 11.8 Å². The molecule has 1 saturated heterocycles. The number of amides is 1. The highest BCUT2D eigenvalue weighted by molar-refractivity contribution is 7.99. The van der Waals surface area contributed by atoms with Crippen molar-refractivity contribution < 1.29 is 9.53 Å². The van der Waals surface area contributed by atoms with E-state index in [1.165, 1.54) is 17.3 Å². The van der Waals surface area contributed by atoms with E-state index in [9.17, 15) is 4.79 Å². The number of primary amides is 1. The lowest BCUT2D eigenvalue weighted by Gasteiger charge is -2.21. The van der Waals surface area contributed by atoms with Gasteiger partial charge in [0, 0.05) is 29.6 Å². The highest BCUT2D eigenvalue weighted by atomic mass is 32.2. The van der Waals surface area contributed by atoms with Crippen LogP contribution in [0.1, 0.15) is 27.9 Å². The number of nitrogens with two attached hydrogens (primary N) is 1. The molecule has 7 nitrogen and oxygen atoms in total. The van der Waals surface area contributed by atoms with Gasteiger partial charge >= 0.3 is 0 Å². The number of likely N-dealkylation sites (N-methyl/N-ethyl adjacent to an activating group) is 1. The second kappa shape index (κ2) is 10.2. The lowest BCUT2D eigenvalue weighted by molar-refractivity contribution is 0.1000. The Hall–Kier alpha value is -3.10. The molecule has 4 rings (SSSR count). The van der Waals surface area contributed by atoms with E-state index in [1.54, 1.807) is 12.1 Å². The average Bonchev–Trinajstić information content (AvgIpc) is 3.30. The van der Waals surface area contributed by atoms with Gasteiger partial charge in [-0.05, 0) is 57.3 Å². The molecule has 1 aliphatic rings. The molecule has 1 aliphatic heterocycles. The molecule has 1 atom stereocenters. The summed E-state index contributed by atoms with van der Waals surface area (Å²) in [5.41, 5.74) is 8.11. The van der Waals surface area contributed by atoms with Crippen LogP contribution in [0.15, 0.2) is 64.5 Å². The second-order valence-corrected chi connectivity index (χ2v) is 9.58. The second-order valence-electron chi connectivity index (χ2n) is 8.46. The van der Waals surface area contributed by atoms with Crippen LogP contribution < -0.4 is 15.4 Å². The van der Waals surface area contributed by atoms with Crippen molar-refractivity contribution in [3.05, 3.63) is 71.4 Å². The van der Waals surface area contributed by atoms with Gasteiger partial charge in [0.2, 0.25) is 17.7 Å². The zero-order chi connectivity index (χ0) is 23.4. The van der Waals surface area contributed by atoms with Gasteiger partial charge in [-0.15, -0.1) is 0 Å². The van der Waals surface area contributed by atoms with Crippen LogP contribution in [-0.4, -0.2) is 54.0 Å². The molecular weight excluding hydrogens is 434 g/mol. The number of nitrogens with zero attached hydrogens (tertiary/aromatic N) is 4. The summed E-state index contributed by atoms with van der Waals surface area (Å²) in [6.45, 7) is 4.30. The van der Waals surface area contributed by atoms with E-state index < -0.39 is 5.91 Å². The fourth-order valence-corrected chi connectivity index (χ4v) is 4.61. The number of aryl methyl sites for hydroxylation is 1. The minimum atomic E-state index is -0.442. The third kappa shape index (κ3) is 5.83. The molecule has 2 aromatic carbocycles. The third-order valence-corrected chi connectivity index (χ3v) is 6.72. The first kappa shape index (κ1) is 23.1. The topological polar surface area (TPSA) is 84.6 Å². The Labute approximate surface area is 199 Å². The number of anilines is 1. The Kier molecular flexibility index (Phi) is 7.15. The quantitative estimate of drug-likeness (QED) is 0.544. The number of benzene rings is 2. The molecule has 0 radical (unpaired) electrons. The number of carbonyl (C=O) groups excluding carboxylic acids is 1. The monoisotopic (exact) mass is 463 g/mol. The first-order valence-corrected chi connectivity index (χ1v) is 11.7. The van der Waals surface area contributed by atoms with Crippen LogP contribution in [0, 0.1) is 6.92 Å². The Morgan fingerprint density at radius 3 is 2.70 bits per heavy atom. The van der Waals surface area contributed by atoms with Gasteiger partial charge in [0.1, 0.15) is 6.61 Å². The molecule has 1 unspecified atom stereocenters. The van der Waals surface area contributed by atoms with Crippen molar-refractivity contribution in [1.82, 2.24) is 14.9 Å². The van der Waals surface area contributed by atoms with Gasteiger partial charge in [-0.25, -0.2) is 4.98 Å². The molecule has 1 aromatic heterocycles. The van der Waals surface area contributed by atoms with Gasteiger partial charge in [0.25, 0.3) is 0 Å². The molecule has 0 saturated carbocycles. The standard InChI is InChI=1S/C25H29N5O2S/c1-17-5-4-6-18(13-17)16-32-24-22(33-21-9-7-19(8-10-21)23(26)31)14-27-25(28-24)30-12-11-20(15-30)29(2)3/h4-10,13-14,20H,11-12,15-16H2,1-3H3,(H2,26,31). The summed E-state index contributed by atoms with van der Waals surface area (Å²) in [4.78, 5) is 27.0. The van der Waals surface area contributed by atoms with Crippen LogP contribution in [0.4, 0.5) is 5.95 Å². The molecule has 0 bridgehead atoms. The summed E-state index contributed by atoms with van der Waals surface area (Å²) in [6, 6.07) is 15.9. The fourth-order valence-electron chi connectivity index (χ4n) is 3.78. The summed E-state index contributed by atoms with van der Waals surface area (Å²) >= 11 is 1.50. The third-order valence-electron chi connectivity index (χ3n) is 5.71. The van der Waals surface area contributed by atoms with Crippen LogP contribution in [-0.2, 0) is 6.61 Å². The number of hydrogen-bond donors (Lipinski definition) is 1. The predicted molar refractivity (Wildman–Crippen MR) is 131 cm³/mol. The summed E-state index contributed by atoms with van der Waals surface area (Å²) in [5, 5.41) is 0. The molecular formula is C25H29N5O2S. The molecule has 172 valence electrons. The minimum Gasteiger partial charge on any atom is -0.472 e. The van der Waals surface area contributed by atoms with E-state index in [0.29, 0.717) is 30.0 Å². The van der Waals surface area contributed by atoms with Crippen molar-refractivity contribution >= 4 is 23.6 Å². The lowest BCUT2D eigenvalue weighted by atomic mass is 10.1. The van der Waals surface area contributed by atoms with Crippen LogP contribution in [0.3, 0.4) is 0 Å². The largest absolute Gasteiger partial charge is 0.472 e. The number of ether oxygens (including phenoxy) is 1. The molecule has 3 aromatic rings. The van der Waals surface area contributed by atoms with Gasteiger partial charge in [0.05, 0.1) is 11.1 Å². The van der Waals surface area contributed by atoms with E-state index in [0.717, 1.165) is 34.9 Å². The Morgan fingerprint density at radius 2 is 2.03 bits per heavy atom. The van der Waals surface area contributed by atoms with E-state index in [4.69, 9.17) is 15.5 Å². The molecule has 1 amide bonds. The average molecular weight is 464 g/mol. The normalized spacial score (nSPS) is 15.8. The van der Waals surface area contributed by atoms with E-state index in [2.05, 4.69) is 47.9 Å². The number of hydrogen-bond acceptors (Lipinski definition) is 7. The summed E-state index contributed by atoms with van der Waals surface area (Å²) < 4.78 is 6.20. The maximum atomic E-state index is 11.4. The molecule has 2 heterocycles. The van der Waals surface area contributed by atoms with Crippen LogP contribution in [0.2, 0.25) is 0 Å². The maximum Gasteiger partial charge on any atom is 0.248 e. The van der Waals surface area contributed by atoms with Gasteiger partial charge in [-0.2, -0.15) is 4.98 Å². The van der Waals surface area contributed by atoms with Crippen LogP contribution in [0.5, 0.6) is 5.88 Å². The molecule has 0 spiro atoms. The van der Waals surface area contributed by atoms with Crippen molar-refractivity contribution in [3.63, 3.8) is 0 Å². The first-order chi connectivity index (χ1) is 15.9. The van der Waals surface area contributed by atoms with Gasteiger partial charge in [-0.1, -0.05) is 41.6 Å². The Morgan fingerprint density at radius 1 is 1.24 bits per heavy atom. The molecule has 2 N–H and O–H groups in total. The van der Waals surface area contributed by atoms with Gasteiger partial charge in [-0.3, -0.25) is 4.79 Å². The van der Waals surface area contributed by atoms with E-state index in [-0.39, 0.29) is 0 Å². The predicted octanol–water partition coefficient (Wildman–Crippen LogP) is 3.75. The Balaban J connectivity index is 1.58. The van der Waals surface area contributed by atoms with Crippen molar-refractivity contribution in [3.8, 4) is 5.88 Å². The summed E-state index contributed by atoms with van der Waals surface area (Å²) in [5.74, 6) is 0.800. The van der Waals surface area contributed by atoms with Gasteiger partial charge in [0.15, 0.2) is 0 Å². The number of rotatable bonds is 8. The molecule has 1 fully saturated rings. The number of aromatic nitrogens is 2.